The van der Waals surface area contributed by atoms with Gasteiger partial charge in [0.25, 0.3) is 11.6 Å². The summed E-state index contributed by atoms with van der Waals surface area (Å²) in [5.74, 6) is -0.429. The summed E-state index contributed by atoms with van der Waals surface area (Å²) in [6.07, 6.45) is 1.50. The van der Waals surface area contributed by atoms with E-state index in [1.807, 2.05) is 0 Å². The molecule has 1 aromatic carbocycles. The van der Waals surface area contributed by atoms with Crippen LogP contribution in [-0.2, 0) is 0 Å². The molecule has 1 amide bonds. The zero-order valence-electron chi connectivity index (χ0n) is 9.84. The van der Waals surface area contributed by atoms with E-state index >= 15 is 0 Å². The number of aromatic nitrogens is 1. The Bertz CT molecular complexity index is 676. The topological polar surface area (TPSA) is 85.1 Å². The molecule has 0 aliphatic rings. The zero-order valence-corrected chi connectivity index (χ0v) is 12.2. The maximum Gasteiger partial charge on any atom is 0.269 e. The number of nitro groups is 1. The standard InChI is InChI=1S/C12H7BrClN3O3/c13-8-5-10(11(14)15-6-8)16-12(18)7-1-3-9(4-2-7)17(19)20/h1-6H,(H,16,18). The molecule has 0 saturated heterocycles. The van der Waals surface area contributed by atoms with E-state index in [9.17, 15) is 14.9 Å². The van der Waals surface area contributed by atoms with Crippen molar-refractivity contribution in [2.45, 2.75) is 0 Å². The van der Waals surface area contributed by atoms with Crippen LogP contribution in [0.3, 0.4) is 0 Å². The maximum absolute atomic E-state index is 12.0. The number of hydrogen-bond donors (Lipinski definition) is 1. The molecule has 102 valence electrons. The van der Waals surface area contributed by atoms with Gasteiger partial charge in [0.1, 0.15) is 0 Å². The quantitative estimate of drug-likeness (QED) is 0.516. The van der Waals surface area contributed by atoms with Gasteiger partial charge in [0.15, 0.2) is 5.15 Å². The van der Waals surface area contributed by atoms with Crippen LogP contribution in [0.5, 0.6) is 0 Å². The van der Waals surface area contributed by atoms with Gasteiger partial charge < -0.3 is 5.32 Å². The number of carbonyl (C=O) groups is 1. The monoisotopic (exact) mass is 355 g/mol. The molecule has 1 aromatic heterocycles. The number of amides is 1. The van der Waals surface area contributed by atoms with Crippen LogP contribution in [0.2, 0.25) is 5.15 Å². The molecule has 0 aliphatic heterocycles. The molecule has 0 atom stereocenters. The first-order chi connectivity index (χ1) is 9.47. The van der Waals surface area contributed by atoms with Crippen LogP contribution in [0, 0.1) is 10.1 Å². The van der Waals surface area contributed by atoms with E-state index in [1.165, 1.54) is 30.5 Å². The van der Waals surface area contributed by atoms with Crippen LogP contribution in [0.1, 0.15) is 10.4 Å². The fraction of sp³-hybridized carbons (Fsp3) is 0. The number of nitro benzene ring substituents is 1. The van der Waals surface area contributed by atoms with Crippen LogP contribution in [0.15, 0.2) is 41.0 Å². The average Bonchev–Trinajstić information content (AvgIpc) is 2.43. The molecule has 2 rings (SSSR count). The molecule has 1 heterocycles. The smallest absolute Gasteiger partial charge is 0.269 e. The molecule has 8 heteroatoms. The van der Waals surface area contributed by atoms with Crippen LogP contribution >= 0.6 is 27.5 Å². The number of nitrogens with one attached hydrogen (secondary N) is 1. The summed E-state index contributed by atoms with van der Waals surface area (Å²) in [6.45, 7) is 0. The molecule has 0 spiro atoms. The van der Waals surface area contributed by atoms with Crippen molar-refractivity contribution in [3.05, 3.63) is 61.8 Å². The number of nitrogens with zero attached hydrogens (tertiary/aromatic N) is 2. The minimum absolute atomic E-state index is 0.0799. The number of anilines is 1. The summed E-state index contributed by atoms with van der Waals surface area (Å²) in [5.41, 5.74) is 0.555. The first-order valence-corrected chi connectivity index (χ1v) is 6.51. The molecule has 6 nitrogen and oxygen atoms in total. The van der Waals surface area contributed by atoms with Gasteiger partial charge in [-0.25, -0.2) is 4.98 Å². The van der Waals surface area contributed by atoms with Crippen molar-refractivity contribution in [1.82, 2.24) is 4.98 Å². The minimum Gasteiger partial charge on any atom is -0.319 e. The second-order valence-corrected chi connectivity index (χ2v) is 5.02. The minimum atomic E-state index is -0.531. The highest BCUT2D eigenvalue weighted by atomic mass is 79.9. The normalized spacial score (nSPS) is 10.1. The molecule has 0 unspecified atom stereocenters. The molecule has 0 saturated carbocycles. The summed E-state index contributed by atoms with van der Waals surface area (Å²) in [6, 6.07) is 6.86. The number of pyridine rings is 1. The Morgan fingerprint density at radius 3 is 2.60 bits per heavy atom. The third kappa shape index (κ3) is 3.31. The molecule has 2 aromatic rings. The number of halogens is 2. The Balaban J connectivity index is 2.19. The summed E-state index contributed by atoms with van der Waals surface area (Å²) >= 11 is 9.08. The van der Waals surface area contributed by atoms with Crippen molar-refractivity contribution in [2.24, 2.45) is 0 Å². The molecular weight excluding hydrogens is 350 g/mol. The van der Waals surface area contributed by atoms with Crippen molar-refractivity contribution in [1.29, 1.82) is 0 Å². The van der Waals surface area contributed by atoms with Gasteiger partial charge in [-0.15, -0.1) is 0 Å². The lowest BCUT2D eigenvalue weighted by Crippen LogP contribution is -2.12. The number of rotatable bonds is 3. The highest BCUT2D eigenvalue weighted by molar-refractivity contribution is 9.10. The predicted molar refractivity (Wildman–Crippen MR) is 78.0 cm³/mol. The van der Waals surface area contributed by atoms with Crippen LogP contribution in [-0.4, -0.2) is 15.8 Å². The Hall–Kier alpha value is -1.99. The summed E-state index contributed by atoms with van der Waals surface area (Å²) in [4.78, 5) is 25.9. The molecule has 20 heavy (non-hydrogen) atoms. The van der Waals surface area contributed by atoms with Gasteiger partial charge in [-0.2, -0.15) is 0 Å². The summed E-state index contributed by atoms with van der Waals surface area (Å²) in [5, 5.41) is 13.3. The van der Waals surface area contributed by atoms with E-state index in [2.05, 4.69) is 26.2 Å². The van der Waals surface area contributed by atoms with E-state index in [0.29, 0.717) is 10.2 Å². The zero-order chi connectivity index (χ0) is 14.7. The van der Waals surface area contributed by atoms with Crippen LogP contribution in [0.4, 0.5) is 11.4 Å². The van der Waals surface area contributed by atoms with E-state index < -0.39 is 10.8 Å². The third-order valence-electron chi connectivity index (χ3n) is 2.39. The number of carbonyl (C=O) groups excluding carboxylic acids is 1. The Morgan fingerprint density at radius 1 is 1.35 bits per heavy atom. The van der Waals surface area contributed by atoms with E-state index in [-0.39, 0.29) is 16.4 Å². The van der Waals surface area contributed by atoms with Gasteiger partial charge in [0.2, 0.25) is 0 Å². The summed E-state index contributed by atoms with van der Waals surface area (Å²) < 4.78 is 0.667. The van der Waals surface area contributed by atoms with Crippen molar-refractivity contribution in [3.63, 3.8) is 0 Å². The molecule has 0 bridgehead atoms. The summed E-state index contributed by atoms with van der Waals surface area (Å²) in [7, 11) is 0. The Labute approximate surface area is 127 Å². The average molecular weight is 357 g/mol. The Kier molecular flexibility index (Phi) is 4.31. The van der Waals surface area contributed by atoms with Crippen molar-refractivity contribution in [3.8, 4) is 0 Å². The first-order valence-electron chi connectivity index (χ1n) is 5.34. The molecule has 0 aliphatic carbocycles. The fourth-order valence-electron chi connectivity index (χ4n) is 1.44. The highest BCUT2D eigenvalue weighted by Gasteiger charge is 2.11. The first kappa shape index (κ1) is 14.4. The van der Waals surface area contributed by atoms with Crippen molar-refractivity contribution >= 4 is 44.8 Å². The largest absolute Gasteiger partial charge is 0.319 e. The molecular formula is C12H7BrClN3O3. The molecule has 1 N–H and O–H groups in total. The van der Waals surface area contributed by atoms with Crippen LogP contribution in [0.25, 0.3) is 0 Å². The number of benzene rings is 1. The fourth-order valence-corrected chi connectivity index (χ4v) is 1.92. The van der Waals surface area contributed by atoms with Crippen LogP contribution < -0.4 is 5.32 Å². The molecule has 0 fully saturated rings. The van der Waals surface area contributed by atoms with Crippen molar-refractivity contribution in [2.75, 3.05) is 5.32 Å². The predicted octanol–water partition coefficient (Wildman–Crippen LogP) is 3.66. The molecule has 0 radical (unpaired) electrons. The highest BCUT2D eigenvalue weighted by Crippen LogP contribution is 2.23. The number of non-ortho nitro benzene ring substituents is 1. The van der Waals surface area contributed by atoms with Gasteiger partial charge in [-0.1, -0.05) is 11.6 Å². The van der Waals surface area contributed by atoms with E-state index in [0.717, 1.165) is 0 Å². The van der Waals surface area contributed by atoms with Gasteiger partial charge >= 0.3 is 0 Å². The van der Waals surface area contributed by atoms with E-state index in [4.69, 9.17) is 11.6 Å². The third-order valence-corrected chi connectivity index (χ3v) is 3.13. The lowest BCUT2D eigenvalue weighted by molar-refractivity contribution is -0.384. The van der Waals surface area contributed by atoms with E-state index in [1.54, 1.807) is 6.07 Å². The lowest BCUT2D eigenvalue weighted by atomic mass is 10.2. The maximum atomic E-state index is 12.0. The Morgan fingerprint density at radius 2 is 2.00 bits per heavy atom. The van der Waals surface area contributed by atoms with Gasteiger partial charge in [0.05, 0.1) is 10.6 Å². The van der Waals surface area contributed by atoms with Gasteiger partial charge in [-0.3, -0.25) is 14.9 Å². The van der Waals surface area contributed by atoms with Gasteiger partial charge in [0, 0.05) is 28.4 Å². The lowest BCUT2D eigenvalue weighted by Gasteiger charge is -2.06. The van der Waals surface area contributed by atoms with Crippen molar-refractivity contribution < 1.29 is 9.72 Å². The second kappa shape index (κ2) is 5.98. The number of hydrogen-bond acceptors (Lipinski definition) is 4. The van der Waals surface area contributed by atoms with Gasteiger partial charge in [-0.05, 0) is 34.1 Å². The second-order valence-electron chi connectivity index (χ2n) is 3.75. The SMILES string of the molecule is O=C(Nc1cc(Br)cnc1Cl)c1ccc([N+](=O)[O-])cc1.